The van der Waals surface area contributed by atoms with Crippen molar-refractivity contribution in [1.82, 2.24) is 0 Å². The van der Waals surface area contributed by atoms with Crippen molar-refractivity contribution >= 4 is 11.8 Å². The summed E-state index contributed by atoms with van der Waals surface area (Å²) in [5.41, 5.74) is 7.30. The van der Waals surface area contributed by atoms with Gasteiger partial charge in [0.05, 0.1) is 7.11 Å². The molecule has 2 aliphatic rings. The van der Waals surface area contributed by atoms with Crippen LogP contribution in [0.1, 0.15) is 24.8 Å². The lowest BCUT2D eigenvalue weighted by Gasteiger charge is -2.21. The largest absolute Gasteiger partial charge is 0.493 e. The van der Waals surface area contributed by atoms with Crippen molar-refractivity contribution in [2.24, 2.45) is 5.73 Å². The van der Waals surface area contributed by atoms with Gasteiger partial charge in [0.1, 0.15) is 6.10 Å². The molecule has 4 heteroatoms. The number of nitrogens with two attached hydrogens (primary N) is 1. The highest BCUT2D eigenvalue weighted by molar-refractivity contribution is 7.99. The molecule has 1 saturated heterocycles. The van der Waals surface area contributed by atoms with Crippen LogP contribution in [0, 0.1) is 0 Å². The Kier molecular flexibility index (Phi) is 3.63. The number of methoxy groups -OCH3 is 1. The Morgan fingerprint density at radius 2 is 2.26 bits per heavy atom. The van der Waals surface area contributed by atoms with Crippen LogP contribution in [0.2, 0.25) is 0 Å². The molecule has 1 aliphatic carbocycles. The van der Waals surface area contributed by atoms with Crippen LogP contribution in [0.3, 0.4) is 0 Å². The summed E-state index contributed by atoms with van der Waals surface area (Å²) < 4.78 is 11.7. The molecule has 1 aliphatic heterocycles. The van der Waals surface area contributed by atoms with Gasteiger partial charge in [-0.15, -0.1) is 0 Å². The van der Waals surface area contributed by atoms with E-state index in [0.29, 0.717) is 12.6 Å². The normalized spacial score (nSPS) is 24.2. The fourth-order valence-corrected chi connectivity index (χ4v) is 3.85. The monoisotopic (exact) mass is 279 g/mol. The molecule has 2 fully saturated rings. The maximum absolute atomic E-state index is 6.12. The maximum atomic E-state index is 6.12. The third-order valence-corrected chi connectivity index (χ3v) is 5.31. The number of hydrogen-bond donors (Lipinski definition) is 1. The minimum atomic E-state index is 0.134. The minimum absolute atomic E-state index is 0.134. The molecular formula is C15H21NO2S. The smallest absolute Gasteiger partial charge is 0.164 e. The lowest BCUT2D eigenvalue weighted by Crippen LogP contribution is -2.21. The molecule has 1 aromatic rings. The second-order valence-electron chi connectivity index (χ2n) is 5.42. The molecule has 1 saturated carbocycles. The van der Waals surface area contributed by atoms with E-state index in [1.54, 1.807) is 7.11 Å². The summed E-state index contributed by atoms with van der Waals surface area (Å²) in [5, 5.41) is 0. The van der Waals surface area contributed by atoms with Gasteiger partial charge in [-0.1, -0.05) is 12.1 Å². The average Bonchev–Trinajstić information content (AvgIpc) is 3.09. The maximum Gasteiger partial charge on any atom is 0.164 e. The number of para-hydroxylation sites is 1. The molecule has 3 nitrogen and oxygen atoms in total. The van der Waals surface area contributed by atoms with E-state index >= 15 is 0 Å². The van der Waals surface area contributed by atoms with Gasteiger partial charge in [-0.25, -0.2) is 0 Å². The van der Waals surface area contributed by atoms with Gasteiger partial charge >= 0.3 is 0 Å². The van der Waals surface area contributed by atoms with Gasteiger partial charge in [-0.2, -0.15) is 11.8 Å². The average molecular weight is 279 g/mol. The molecule has 1 atom stereocenters. The predicted octanol–water partition coefficient (Wildman–Crippen LogP) is 2.57. The summed E-state index contributed by atoms with van der Waals surface area (Å²) in [7, 11) is 1.72. The highest BCUT2D eigenvalue weighted by Crippen LogP contribution is 2.52. The summed E-state index contributed by atoms with van der Waals surface area (Å²) in [4.78, 5) is 0. The van der Waals surface area contributed by atoms with Gasteiger partial charge in [-0.3, -0.25) is 0 Å². The first kappa shape index (κ1) is 13.1. The SMILES string of the molecule is COc1c(OC2CCSC2)cccc1C1(CN)CC1. The van der Waals surface area contributed by atoms with Crippen LogP contribution in [0.25, 0.3) is 0 Å². The summed E-state index contributed by atoms with van der Waals surface area (Å²) in [6.45, 7) is 0.687. The van der Waals surface area contributed by atoms with Crippen LogP contribution in [0.5, 0.6) is 11.5 Å². The van der Waals surface area contributed by atoms with E-state index < -0.39 is 0 Å². The minimum Gasteiger partial charge on any atom is -0.493 e. The van der Waals surface area contributed by atoms with E-state index in [-0.39, 0.29) is 5.41 Å². The van der Waals surface area contributed by atoms with Crippen molar-refractivity contribution in [1.29, 1.82) is 0 Å². The van der Waals surface area contributed by atoms with Crippen molar-refractivity contribution in [3.05, 3.63) is 23.8 Å². The van der Waals surface area contributed by atoms with E-state index in [4.69, 9.17) is 15.2 Å². The summed E-state index contributed by atoms with van der Waals surface area (Å²) in [5.74, 6) is 4.05. The van der Waals surface area contributed by atoms with Gasteiger partial charge in [0.25, 0.3) is 0 Å². The zero-order chi connectivity index (χ0) is 13.3. The molecule has 1 heterocycles. The van der Waals surface area contributed by atoms with Crippen LogP contribution >= 0.6 is 11.8 Å². The third kappa shape index (κ3) is 2.43. The lowest BCUT2D eigenvalue weighted by molar-refractivity contribution is 0.217. The Balaban J connectivity index is 1.89. The topological polar surface area (TPSA) is 44.5 Å². The molecule has 3 rings (SSSR count). The quantitative estimate of drug-likeness (QED) is 0.899. The number of rotatable bonds is 5. The Morgan fingerprint density at radius 3 is 2.84 bits per heavy atom. The molecule has 0 amide bonds. The predicted molar refractivity (Wildman–Crippen MR) is 79.3 cm³/mol. The van der Waals surface area contributed by atoms with E-state index in [9.17, 15) is 0 Å². The number of benzene rings is 1. The standard InChI is InChI=1S/C15H21NO2S/c1-17-14-12(15(10-16)6-7-15)3-2-4-13(14)18-11-5-8-19-9-11/h2-4,11H,5-10,16H2,1H3. The highest BCUT2D eigenvalue weighted by atomic mass is 32.2. The molecule has 104 valence electrons. The van der Waals surface area contributed by atoms with Gasteiger partial charge in [0.2, 0.25) is 0 Å². The molecule has 2 N–H and O–H groups in total. The van der Waals surface area contributed by atoms with E-state index in [0.717, 1.165) is 36.5 Å². The van der Waals surface area contributed by atoms with Crippen LogP contribution < -0.4 is 15.2 Å². The molecule has 0 aromatic heterocycles. The van der Waals surface area contributed by atoms with Crippen molar-refractivity contribution in [3.8, 4) is 11.5 Å². The van der Waals surface area contributed by atoms with Gasteiger partial charge in [-0.05, 0) is 31.1 Å². The Morgan fingerprint density at radius 1 is 1.42 bits per heavy atom. The molecule has 0 radical (unpaired) electrons. The molecule has 1 unspecified atom stereocenters. The molecule has 0 spiro atoms. The number of ether oxygens (including phenoxy) is 2. The Labute approximate surface area is 118 Å². The van der Waals surface area contributed by atoms with Crippen LogP contribution in [-0.4, -0.2) is 31.3 Å². The molecule has 1 aromatic carbocycles. The van der Waals surface area contributed by atoms with Crippen LogP contribution in [-0.2, 0) is 5.41 Å². The zero-order valence-electron chi connectivity index (χ0n) is 11.4. The fraction of sp³-hybridized carbons (Fsp3) is 0.600. The van der Waals surface area contributed by atoms with Gasteiger partial charge in [0, 0.05) is 23.3 Å². The van der Waals surface area contributed by atoms with Gasteiger partial charge < -0.3 is 15.2 Å². The number of hydrogen-bond acceptors (Lipinski definition) is 4. The number of thioether (sulfide) groups is 1. The van der Waals surface area contributed by atoms with E-state index in [1.165, 1.54) is 11.3 Å². The summed E-state index contributed by atoms with van der Waals surface area (Å²) in [6.07, 6.45) is 3.76. The summed E-state index contributed by atoms with van der Waals surface area (Å²) in [6, 6.07) is 6.21. The van der Waals surface area contributed by atoms with Crippen molar-refractivity contribution < 1.29 is 9.47 Å². The molecular weight excluding hydrogens is 258 g/mol. The second kappa shape index (κ2) is 5.25. The van der Waals surface area contributed by atoms with Crippen LogP contribution in [0.15, 0.2) is 18.2 Å². The highest BCUT2D eigenvalue weighted by Gasteiger charge is 2.45. The zero-order valence-corrected chi connectivity index (χ0v) is 12.2. The lowest BCUT2D eigenvalue weighted by atomic mass is 9.95. The van der Waals surface area contributed by atoms with Crippen molar-refractivity contribution in [2.75, 3.05) is 25.2 Å². The van der Waals surface area contributed by atoms with Crippen molar-refractivity contribution in [3.63, 3.8) is 0 Å². The van der Waals surface area contributed by atoms with Crippen molar-refractivity contribution in [2.45, 2.75) is 30.8 Å². The first-order chi connectivity index (χ1) is 9.29. The Bertz CT molecular complexity index is 453. The molecule has 0 bridgehead atoms. The first-order valence-electron chi connectivity index (χ1n) is 6.91. The van der Waals surface area contributed by atoms with E-state index in [1.807, 2.05) is 17.8 Å². The summed E-state index contributed by atoms with van der Waals surface area (Å²) >= 11 is 1.96. The second-order valence-corrected chi connectivity index (χ2v) is 6.57. The van der Waals surface area contributed by atoms with E-state index in [2.05, 4.69) is 12.1 Å². The fourth-order valence-electron chi connectivity index (χ4n) is 2.76. The van der Waals surface area contributed by atoms with Crippen LogP contribution in [0.4, 0.5) is 0 Å². The first-order valence-corrected chi connectivity index (χ1v) is 8.06. The van der Waals surface area contributed by atoms with Gasteiger partial charge in [0.15, 0.2) is 11.5 Å². The molecule has 19 heavy (non-hydrogen) atoms. The third-order valence-electron chi connectivity index (χ3n) is 4.18. The Hall–Kier alpha value is -0.870.